The van der Waals surface area contributed by atoms with Gasteiger partial charge in [0.1, 0.15) is 0 Å². The third-order valence-electron chi connectivity index (χ3n) is 3.76. The van der Waals surface area contributed by atoms with Crippen LogP contribution in [0.3, 0.4) is 0 Å². The summed E-state index contributed by atoms with van der Waals surface area (Å²) in [6.45, 7) is 2.11. The van der Waals surface area contributed by atoms with Crippen molar-refractivity contribution in [3.8, 4) is 0 Å². The maximum absolute atomic E-state index is 12.4. The number of hydrogen-bond acceptors (Lipinski definition) is 1. The van der Waals surface area contributed by atoms with Crippen LogP contribution in [-0.2, 0) is 0 Å². The average molecular weight is 270 g/mol. The number of rotatable bonds is 1. The molecule has 0 bridgehead atoms. The van der Waals surface area contributed by atoms with Gasteiger partial charge in [-0.05, 0) is 43.9 Å². The van der Waals surface area contributed by atoms with Crippen molar-refractivity contribution in [2.45, 2.75) is 31.8 Å². The number of carbonyl (C=O) groups is 1. The van der Waals surface area contributed by atoms with Crippen LogP contribution in [0.25, 0.3) is 0 Å². The lowest BCUT2D eigenvalue weighted by Gasteiger charge is -2.25. The molecule has 0 spiro atoms. The van der Waals surface area contributed by atoms with Gasteiger partial charge in [0, 0.05) is 17.1 Å². The largest absolute Gasteiger partial charge is 0.333 e. The highest BCUT2D eigenvalue weighted by Gasteiger charge is 2.52. The smallest absolute Gasteiger partial charge is 0.255 e. The van der Waals surface area contributed by atoms with Crippen molar-refractivity contribution in [2.24, 2.45) is 5.92 Å². The van der Waals surface area contributed by atoms with E-state index in [0.717, 1.165) is 18.8 Å². The standard InChI is InChI=1S/C13H13Cl2NO/c1-7-4-8-5-12(8)16(7)13(17)10-3-2-9(14)6-11(10)15/h2-3,6-8,12H,4-5H2,1H3. The number of benzene rings is 1. The summed E-state index contributed by atoms with van der Waals surface area (Å²) in [6, 6.07) is 5.84. The van der Waals surface area contributed by atoms with Crippen molar-refractivity contribution in [2.75, 3.05) is 0 Å². The summed E-state index contributed by atoms with van der Waals surface area (Å²) in [7, 11) is 0. The fourth-order valence-electron chi connectivity index (χ4n) is 2.86. The molecular weight excluding hydrogens is 257 g/mol. The number of amides is 1. The third-order valence-corrected chi connectivity index (χ3v) is 4.31. The minimum absolute atomic E-state index is 0.0455. The van der Waals surface area contributed by atoms with Crippen LogP contribution in [-0.4, -0.2) is 22.9 Å². The third kappa shape index (κ3) is 1.84. The number of likely N-dealkylation sites (tertiary alicyclic amines) is 1. The number of piperidine rings is 1. The molecule has 1 amide bonds. The van der Waals surface area contributed by atoms with E-state index in [1.165, 1.54) is 0 Å². The Balaban J connectivity index is 1.91. The van der Waals surface area contributed by atoms with Crippen LogP contribution >= 0.6 is 23.2 Å². The summed E-state index contributed by atoms with van der Waals surface area (Å²) < 4.78 is 0. The van der Waals surface area contributed by atoms with Gasteiger partial charge in [-0.25, -0.2) is 0 Å². The summed E-state index contributed by atoms with van der Waals surface area (Å²) >= 11 is 11.9. The van der Waals surface area contributed by atoms with E-state index in [-0.39, 0.29) is 5.91 Å². The van der Waals surface area contributed by atoms with Crippen LogP contribution in [0.5, 0.6) is 0 Å². The first-order valence-electron chi connectivity index (χ1n) is 5.85. The van der Waals surface area contributed by atoms with Gasteiger partial charge < -0.3 is 4.90 Å². The van der Waals surface area contributed by atoms with Crippen molar-refractivity contribution in [1.29, 1.82) is 0 Å². The molecule has 1 aliphatic carbocycles. The van der Waals surface area contributed by atoms with Crippen LogP contribution in [0.1, 0.15) is 30.1 Å². The highest BCUT2D eigenvalue weighted by atomic mass is 35.5. The van der Waals surface area contributed by atoms with E-state index < -0.39 is 0 Å². The lowest BCUT2D eigenvalue weighted by Crippen LogP contribution is -2.36. The van der Waals surface area contributed by atoms with E-state index in [2.05, 4.69) is 6.92 Å². The van der Waals surface area contributed by atoms with Crippen molar-refractivity contribution in [3.05, 3.63) is 33.8 Å². The Hall–Kier alpha value is -0.730. The second-order valence-electron chi connectivity index (χ2n) is 4.98. The molecule has 3 atom stereocenters. The van der Waals surface area contributed by atoms with Gasteiger partial charge in [-0.2, -0.15) is 0 Å². The van der Waals surface area contributed by atoms with Gasteiger partial charge in [0.15, 0.2) is 0 Å². The lowest BCUT2D eigenvalue weighted by atomic mass is 10.1. The number of halogens is 2. The van der Waals surface area contributed by atoms with Gasteiger partial charge >= 0.3 is 0 Å². The van der Waals surface area contributed by atoms with E-state index in [9.17, 15) is 4.79 Å². The Morgan fingerprint density at radius 2 is 2.12 bits per heavy atom. The maximum atomic E-state index is 12.4. The molecule has 0 radical (unpaired) electrons. The minimum atomic E-state index is 0.0455. The normalized spacial score (nSPS) is 30.3. The zero-order valence-electron chi connectivity index (χ0n) is 9.49. The van der Waals surface area contributed by atoms with E-state index in [1.807, 2.05) is 4.90 Å². The van der Waals surface area contributed by atoms with Gasteiger partial charge in [-0.3, -0.25) is 4.79 Å². The summed E-state index contributed by atoms with van der Waals surface area (Å²) in [5, 5.41) is 1.00. The highest BCUT2D eigenvalue weighted by molar-refractivity contribution is 6.36. The van der Waals surface area contributed by atoms with Crippen LogP contribution in [0.4, 0.5) is 0 Å². The Morgan fingerprint density at radius 3 is 2.71 bits per heavy atom. The maximum Gasteiger partial charge on any atom is 0.255 e. The highest BCUT2D eigenvalue weighted by Crippen LogP contribution is 2.48. The number of carbonyl (C=O) groups excluding carboxylic acids is 1. The first-order valence-corrected chi connectivity index (χ1v) is 6.61. The molecule has 17 heavy (non-hydrogen) atoms. The van der Waals surface area contributed by atoms with E-state index in [0.29, 0.717) is 27.7 Å². The molecule has 2 nitrogen and oxygen atoms in total. The second kappa shape index (κ2) is 3.89. The van der Waals surface area contributed by atoms with Crippen molar-refractivity contribution >= 4 is 29.1 Å². The second-order valence-corrected chi connectivity index (χ2v) is 5.83. The molecule has 3 unspecified atom stereocenters. The predicted octanol–water partition coefficient (Wildman–Crippen LogP) is 3.62. The molecule has 1 aromatic rings. The van der Waals surface area contributed by atoms with Crippen molar-refractivity contribution in [1.82, 2.24) is 4.90 Å². The lowest BCUT2D eigenvalue weighted by molar-refractivity contribution is 0.0713. The zero-order chi connectivity index (χ0) is 12.2. The fourth-order valence-corrected chi connectivity index (χ4v) is 3.35. The Kier molecular flexibility index (Phi) is 2.60. The molecule has 2 fully saturated rings. The molecule has 90 valence electrons. The van der Waals surface area contributed by atoms with E-state index in [4.69, 9.17) is 23.2 Å². The van der Waals surface area contributed by atoms with Gasteiger partial charge in [0.2, 0.25) is 0 Å². The van der Waals surface area contributed by atoms with Gasteiger partial charge in [0.05, 0.1) is 10.6 Å². The molecule has 1 saturated carbocycles. The first-order chi connectivity index (χ1) is 8.08. The quantitative estimate of drug-likeness (QED) is 0.763. The topological polar surface area (TPSA) is 20.3 Å². The fraction of sp³-hybridized carbons (Fsp3) is 0.462. The van der Waals surface area contributed by atoms with Crippen LogP contribution in [0.15, 0.2) is 18.2 Å². The first kappa shape index (κ1) is 11.4. The molecule has 2 aliphatic rings. The summed E-state index contributed by atoms with van der Waals surface area (Å²) in [4.78, 5) is 14.4. The Morgan fingerprint density at radius 1 is 1.35 bits per heavy atom. The molecule has 1 saturated heterocycles. The molecular formula is C13H13Cl2NO. The number of fused-ring (bicyclic) bond motifs is 1. The zero-order valence-corrected chi connectivity index (χ0v) is 11.0. The van der Waals surface area contributed by atoms with Crippen LogP contribution in [0.2, 0.25) is 10.0 Å². The molecule has 4 heteroatoms. The summed E-state index contributed by atoms with van der Waals surface area (Å²) in [6.07, 6.45) is 2.28. The Bertz CT molecular complexity index is 486. The molecule has 0 N–H and O–H groups in total. The van der Waals surface area contributed by atoms with Gasteiger partial charge in [-0.15, -0.1) is 0 Å². The minimum Gasteiger partial charge on any atom is -0.333 e. The van der Waals surface area contributed by atoms with E-state index in [1.54, 1.807) is 18.2 Å². The number of nitrogens with zero attached hydrogens (tertiary/aromatic N) is 1. The SMILES string of the molecule is CC1CC2CC2N1C(=O)c1ccc(Cl)cc1Cl. The molecule has 3 rings (SSSR count). The number of hydrogen-bond donors (Lipinski definition) is 0. The molecule has 0 aromatic heterocycles. The molecule has 1 aliphatic heterocycles. The van der Waals surface area contributed by atoms with E-state index >= 15 is 0 Å². The summed E-state index contributed by atoms with van der Waals surface area (Å²) in [5.41, 5.74) is 0.565. The molecule has 1 aromatic carbocycles. The van der Waals surface area contributed by atoms with Gasteiger partial charge in [-0.1, -0.05) is 23.2 Å². The van der Waals surface area contributed by atoms with Gasteiger partial charge in [0.25, 0.3) is 5.91 Å². The monoisotopic (exact) mass is 269 g/mol. The predicted molar refractivity (Wildman–Crippen MR) is 68.6 cm³/mol. The Labute approximate surface area is 111 Å². The molecule has 1 heterocycles. The summed E-state index contributed by atoms with van der Waals surface area (Å²) in [5.74, 6) is 0.768. The van der Waals surface area contributed by atoms with Crippen LogP contribution < -0.4 is 0 Å². The van der Waals surface area contributed by atoms with Crippen LogP contribution in [0, 0.1) is 5.92 Å². The van der Waals surface area contributed by atoms with Crippen molar-refractivity contribution < 1.29 is 4.79 Å². The van der Waals surface area contributed by atoms with Crippen molar-refractivity contribution in [3.63, 3.8) is 0 Å². The average Bonchev–Trinajstić information content (AvgIpc) is 2.90.